The lowest BCUT2D eigenvalue weighted by atomic mass is 9.89. The zero-order chi connectivity index (χ0) is 14.5. The topological polar surface area (TPSA) is 12.0 Å². The Morgan fingerprint density at radius 3 is 2.35 bits per heavy atom. The Morgan fingerprint density at radius 2 is 1.70 bits per heavy atom. The van der Waals surface area contributed by atoms with Crippen molar-refractivity contribution in [2.75, 3.05) is 0 Å². The third-order valence-electron chi connectivity index (χ3n) is 4.81. The van der Waals surface area contributed by atoms with Crippen LogP contribution in [-0.4, -0.2) is 6.04 Å². The first-order valence-electron chi connectivity index (χ1n) is 8.07. The minimum atomic E-state index is -0.157. The van der Waals surface area contributed by atoms with Gasteiger partial charge >= 0.3 is 0 Å². The summed E-state index contributed by atoms with van der Waals surface area (Å²) in [6.07, 6.45) is 6.59. The van der Waals surface area contributed by atoms with E-state index < -0.39 is 0 Å². The summed E-state index contributed by atoms with van der Waals surface area (Å²) in [6.45, 7) is 6.87. The third kappa shape index (κ3) is 4.31. The second kappa shape index (κ2) is 7.21. The predicted octanol–water partition coefficient (Wildman–Crippen LogP) is 5.08. The van der Waals surface area contributed by atoms with Crippen LogP contribution in [0, 0.1) is 17.7 Å². The van der Waals surface area contributed by atoms with Gasteiger partial charge in [0.25, 0.3) is 0 Å². The minimum Gasteiger partial charge on any atom is -0.307 e. The van der Waals surface area contributed by atoms with E-state index in [0.717, 1.165) is 11.8 Å². The second-order valence-electron chi connectivity index (χ2n) is 6.65. The van der Waals surface area contributed by atoms with E-state index in [1.807, 2.05) is 12.1 Å². The third-order valence-corrected chi connectivity index (χ3v) is 4.81. The molecule has 1 nitrogen and oxygen atoms in total. The van der Waals surface area contributed by atoms with Crippen LogP contribution in [0.5, 0.6) is 0 Å². The summed E-state index contributed by atoms with van der Waals surface area (Å²) >= 11 is 0. The van der Waals surface area contributed by atoms with Crippen LogP contribution in [0.25, 0.3) is 0 Å². The van der Waals surface area contributed by atoms with Crippen molar-refractivity contribution in [3.63, 3.8) is 0 Å². The van der Waals surface area contributed by atoms with E-state index in [9.17, 15) is 4.39 Å². The van der Waals surface area contributed by atoms with E-state index in [2.05, 4.69) is 26.1 Å². The van der Waals surface area contributed by atoms with Crippen LogP contribution >= 0.6 is 0 Å². The van der Waals surface area contributed by atoms with Gasteiger partial charge in [-0.15, -0.1) is 0 Å². The molecule has 20 heavy (non-hydrogen) atoms. The van der Waals surface area contributed by atoms with Gasteiger partial charge in [-0.25, -0.2) is 4.39 Å². The smallest absolute Gasteiger partial charge is 0.123 e. The van der Waals surface area contributed by atoms with Crippen molar-refractivity contribution < 1.29 is 4.39 Å². The highest BCUT2D eigenvalue weighted by atomic mass is 19.1. The average Bonchev–Trinajstić information content (AvgIpc) is 2.65. The van der Waals surface area contributed by atoms with Gasteiger partial charge in [0.1, 0.15) is 5.82 Å². The van der Waals surface area contributed by atoms with Crippen molar-refractivity contribution in [1.29, 1.82) is 0 Å². The van der Waals surface area contributed by atoms with E-state index in [4.69, 9.17) is 0 Å². The van der Waals surface area contributed by atoms with Crippen molar-refractivity contribution in [3.8, 4) is 0 Å². The van der Waals surface area contributed by atoms with Gasteiger partial charge in [-0.1, -0.05) is 38.8 Å². The summed E-state index contributed by atoms with van der Waals surface area (Å²) in [5, 5.41) is 3.73. The molecule has 0 bridgehead atoms. The lowest BCUT2D eigenvalue weighted by Crippen LogP contribution is -2.31. The summed E-state index contributed by atoms with van der Waals surface area (Å²) in [7, 11) is 0. The maximum atomic E-state index is 13.0. The van der Waals surface area contributed by atoms with Gasteiger partial charge in [-0.3, -0.25) is 0 Å². The number of rotatable bonds is 4. The number of benzene rings is 1. The van der Waals surface area contributed by atoms with Crippen LogP contribution in [0.3, 0.4) is 0 Å². The maximum absolute atomic E-state index is 13.0. The molecular weight excluding hydrogens is 249 g/mol. The first-order chi connectivity index (χ1) is 9.56. The molecule has 2 heteroatoms. The number of nitrogens with one attached hydrogen (secondary N) is 1. The minimum absolute atomic E-state index is 0.157. The largest absolute Gasteiger partial charge is 0.307 e. The molecule has 0 saturated heterocycles. The summed E-state index contributed by atoms with van der Waals surface area (Å²) < 4.78 is 13.0. The molecule has 1 fully saturated rings. The fraction of sp³-hybridized carbons (Fsp3) is 0.667. The van der Waals surface area contributed by atoms with Gasteiger partial charge in [0.2, 0.25) is 0 Å². The Balaban J connectivity index is 1.88. The summed E-state index contributed by atoms with van der Waals surface area (Å²) in [6, 6.07) is 7.79. The monoisotopic (exact) mass is 277 g/mol. The molecule has 1 N–H and O–H groups in total. The molecule has 1 aromatic rings. The molecule has 1 aliphatic carbocycles. The molecule has 0 aromatic heterocycles. The summed E-state index contributed by atoms with van der Waals surface area (Å²) in [5.41, 5.74) is 1.18. The predicted molar refractivity (Wildman–Crippen MR) is 83.2 cm³/mol. The molecule has 0 radical (unpaired) electrons. The lowest BCUT2D eigenvalue weighted by molar-refractivity contribution is 0.335. The zero-order valence-corrected chi connectivity index (χ0v) is 13.0. The fourth-order valence-corrected chi connectivity index (χ4v) is 3.36. The van der Waals surface area contributed by atoms with E-state index in [1.165, 1.54) is 37.7 Å². The van der Waals surface area contributed by atoms with Crippen LogP contribution in [0.1, 0.15) is 64.5 Å². The first kappa shape index (κ1) is 15.5. The quantitative estimate of drug-likeness (QED) is 0.757. The van der Waals surface area contributed by atoms with Crippen LogP contribution in [-0.2, 0) is 0 Å². The molecule has 0 amide bonds. The first-order valence-corrected chi connectivity index (χ1v) is 8.07. The van der Waals surface area contributed by atoms with Crippen LogP contribution in [0.2, 0.25) is 0 Å². The Morgan fingerprint density at radius 1 is 1.00 bits per heavy atom. The van der Waals surface area contributed by atoms with E-state index in [-0.39, 0.29) is 5.82 Å². The van der Waals surface area contributed by atoms with Crippen LogP contribution in [0.4, 0.5) is 4.39 Å². The van der Waals surface area contributed by atoms with Gasteiger partial charge in [0, 0.05) is 12.1 Å². The fourth-order valence-electron chi connectivity index (χ4n) is 3.36. The van der Waals surface area contributed by atoms with Crippen LogP contribution in [0.15, 0.2) is 24.3 Å². The van der Waals surface area contributed by atoms with E-state index >= 15 is 0 Å². The van der Waals surface area contributed by atoms with Crippen molar-refractivity contribution in [2.24, 2.45) is 11.8 Å². The Kier molecular flexibility index (Phi) is 5.59. The van der Waals surface area contributed by atoms with Gasteiger partial charge in [0.15, 0.2) is 0 Å². The maximum Gasteiger partial charge on any atom is 0.123 e. The molecule has 2 unspecified atom stereocenters. The highest BCUT2D eigenvalue weighted by Gasteiger charge is 2.22. The lowest BCUT2D eigenvalue weighted by Gasteiger charge is -2.23. The highest BCUT2D eigenvalue weighted by Crippen LogP contribution is 2.29. The normalized spacial score (nSPS) is 25.4. The Hall–Kier alpha value is -0.890. The number of hydrogen-bond acceptors (Lipinski definition) is 1. The van der Waals surface area contributed by atoms with Gasteiger partial charge in [0.05, 0.1) is 0 Å². The molecule has 112 valence electrons. The second-order valence-corrected chi connectivity index (χ2v) is 6.65. The zero-order valence-electron chi connectivity index (χ0n) is 13.0. The molecule has 0 heterocycles. The number of halogens is 1. The van der Waals surface area contributed by atoms with Crippen molar-refractivity contribution >= 4 is 0 Å². The molecule has 3 atom stereocenters. The van der Waals surface area contributed by atoms with Crippen molar-refractivity contribution in [2.45, 2.75) is 65.0 Å². The summed E-state index contributed by atoms with van der Waals surface area (Å²) in [5.74, 6) is 1.54. The van der Waals surface area contributed by atoms with Crippen molar-refractivity contribution in [3.05, 3.63) is 35.6 Å². The van der Waals surface area contributed by atoms with Crippen LogP contribution < -0.4 is 5.32 Å². The Labute approximate surface area is 123 Å². The molecular formula is C18H28FN. The van der Waals surface area contributed by atoms with E-state index in [1.54, 1.807) is 12.1 Å². The Bertz CT molecular complexity index is 398. The molecule has 2 rings (SSSR count). The molecule has 1 saturated carbocycles. The molecule has 1 aromatic carbocycles. The SMILES string of the molecule is CC(C)C1CCCC(N[C@H](C)c2ccc(F)cc2)CC1. The standard InChI is InChI=1S/C18H28FN/c1-13(2)15-5-4-6-18(12-9-15)20-14(3)16-7-10-17(19)11-8-16/h7-8,10-11,13-15,18,20H,4-6,9,12H2,1-3H3/t14-,15?,18?/m1/s1. The molecule has 0 spiro atoms. The van der Waals surface area contributed by atoms with E-state index in [0.29, 0.717) is 12.1 Å². The summed E-state index contributed by atoms with van der Waals surface area (Å²) in [4.78, 5) is 0. The molecule has 0 aliphatic heterocycles. The van der Waals surface area contributed by atoms with Gasteiger partial charge < -0.3 is 5.32 Å². The van der Waals surface area contributed by atoms with Gasteiger partial charge in [-0.2, -0.15) is 0 Å². The molecule has 1 aliphatic rings. The van der Waals surface area contributed by atoms with Gasteiger partial charge in [-0.05, 0) is 55.7 Å². The number of hydrogen-bond donors (Lipinski definition) is 1. The highest BCUT2D eigenvalue weighted by molar-refractivity contribution is 5.19. The average molecular weight is 277 g/mol. The van der Waals surface area contributed by atoms with Crippen molar-refractivity contribution in [1.82, 2.24) is 5.32 Å².